The second-order valence-corrected chi connectivity index (χ2v) is 7.04. The lowest BCUT2D eigenvalue weighted by atomic mass is 10.0. The molecule has 1 fully saturated rings. The predicted octanol–water partition coefficient (Wildman–Crippen LogP) is 3.24. The van der Waals surface area contributed by atoms with E-state index in [1.165, 1.54) is 0 Å². The number of halogens is 2. The third-order valence-corrected chi connectivity index (χ3v) is 5.10. The Hall–Kier alpha value is -0.850. The van der Waals surface area contributed by atoms with Crippen molar-refractivity contribution in [2.24, 2.45) is 11.8 Å². The molecule has 1 N–H and O–H groups in total. The van der Waals surface area contributed by atoms with E-state index in [9.17, 15) is 18.5 Å². The zero-order valence-electron chi connectivity index (χ0n) is 12.3. The van der Waals surface area contributed by atoms with E-state index < -0.39 is 31.9 Å². The van der Waals surface area contributed by atoms with Crippen LogP contribution in [0.3, 0.4) is 0 Å². The molecule has 0 aliphatic heterocycles. The van der Waals surface area contributed by atoms with Gasteiger partial charge in [-0.15, -0.1) is 0 Å². The molecular formula is C14H19F2O5P. The smallest absolute Gasteiger partial charge is 0.392 e. The van der Waals surface area contributed by atoms with Crippen LogP contribution in [0.2, 0.25) is 0 Å². The van der Waals surface area contributed by atoms with Gasteiger partial charge in [-0.25, -0.2) is 9.09 Å². The topological polar surface area (TPSA) is 65.0 Å². The molecule has 1 aliphatic rings. The molecule has 0 aromatic heterocycles. The molecule has 0 bridgehead atoms. The first-order chi connectivity index (χ1) is 10.3. The van der Waals surface area contributed by atoms with Crippen molar-refractivity contribution in [1.29, 1.82) is 0 Å². The number of benzene rings is 1. The number of hydrogen-bond donors (Lipinski definition) is 1. The van der Waals surface area contributed by atoms with Crippen molar-refractivity contribution >= 4 is 7.82 Å². The molecule has 0 amide bonds. The van der Waals surface area contributed by atoms with Crippen LogP contribution in [0.15, 0.2) is 30.3 Å². The van der Waals surface area contributed by atoms with Gasteiger partial charge in [0.05, 0.1) is 12.0 Å². The standard InChI is InChI=1S/C14H19F2O5P/c1-19-22(18,20-2)21-14(15,16)12-9-11(12)13(17)8-10-6-4-3-5-7-10/h3-7,11-13,17H,8-9H2,1-2H3/t11-,12-,13+/m0/s1. The summed E-state index contributed by atoms with van der Waals surface area (Å²) in [7, 11) is -2.34. The van der Waals surface area contributed by atoms with E-state index in [4.69, 9.17) is 0 Å². The van der Waals surface area contributed by atoms with Gasteiger partial charge in [-0.1, -0.05) is 30.3 Å². The fourth-order valence-electron chi connectivity index (χ4n) is 2.40. The van der Waals surface area contributed by atoms with Crippen LogP contribution in [0.5, 0.6) is 0 Å². The summed E-state index contributed by atoms with van der Waals surface area (Å²) >= 11 is 0. The molecule has 0 heterocycles. The van der Waals surface area contributed by atoms with Crippen molar-refractivity contribution in [1.82, 2.24) is 0 Å². The van der Waals surface area contributed by atoms with Crippen LogP contribution in [0.4, 0.5) is 8.78 Å². The van der Waals surface area contributed by atoms with Crippen LogP contribution in [0, 0.1) is 11.8 Å². The number of hydrogen-bond acceptors (Lipinski definition) is 5. The van der Waals surface area contributed by atoms with Crippen molar-refractivity contribution in [3.63, 3.8) is 0 Å². The Bertz CT molecular complexity index is 531. The molecular weight excluding hydrogens is 317 g/mol. The zero-order chi connectivity index (χ0) is 16.4. The van der Waals surface area contributed by atoms with Crippen LogP contribution in [-0.4, -0.2) is 31.5 Å². The normalized spacial score (nSPS) is 23.3. The summed E-state index contributed by atoms with van der Waals surface area (Å²) in [5.74, 6) is -1.82. The summed E-state index contributed by atoms with van der Waals surface area (Å²) in [5.41, 5.74) is 0.865. The fraction of sp³-hybridized carbons (Fsp3) is 0.571. The summed E-state index contributed by atoms with van der Waals surface area (Å²) in [6.07, 6.45) is -4.21. The van der Waals surface area contributed by atoms with Gasteiger partial charge < -0.3 is 5.11 Å². The maximum Gasteiger partial charge on any atom is 0.479 e. The maximum atomic E-state index is 14.0. The minimum Gasteiger partial charge on any atom is -0.392 e. The third kappa shape index (κ3) is 4.12. The summed E-state index contributed by atoms with van der Waals surface area (Å²) in [6, 6.07) is 9.11. The molecule has 1 aromatic carbocycles. The zero-order valence-corrected chi connectivity index (χ0v) is 13.2. The molecule has 0 saturated heterocycles. The van der Waals surface area contributed by atoms with E-state index in [-0.39, 0.29) is 12.8 Å². The van der Waals surface area contributed by atoms with Crippen LogP contribution in [0.1, 0.15) is 12.0 Å². The Balaban J connectivity index is 1.94. The summed E-state index contributed by atoms with van der Waals surface area (Å²) < 4.78 is 52.5. The van der Waals surface area contributed by atoms with E-state index in [0.717, 1.165) is 19.8 Å². The molecule has 1 saturated carbocycles. The van der Waals surface area contributed by atoms with Gasteiger partial charge in [0.15, 0.2) is 0 Å². The number of aliphatic hydroxyl groups excluding tert-OH is 1. The Morgan fingerprint density at radius 1 is 1.32 bits per heavy atom. The van der Waals surface area contributed by atoms with Gasteiger partial charge in [0.1, 0.15) is 0 Å². The molecule has 0 spiro atoms. The summed E-state index contributed by atoms with van der Waals surface area (Å²) in [6.45, 7) is 0. The van der Waals surface area contributed by atoms with Gasteiger partial charge in [-0.05, 0) is 24.3 Å². The first-order valence-corrected chi connectivity index (χ1v) is 8.29. The number of alkyl halides is 2. The molecule has 0 radical (unpaired) electrons. The highest BCUT2D eigenvalue weighted by Gasteiger charge is 2.61. The average molecular weight is 336 g/mol. The summed E-state index contributed by atoms with van der Waals surface area (Å²) in [4.78, 5) is 0. The Kier molecular flexibility index (Phi) is 5.35. The molecule has 1 aromatic rings. The third-order valence-electron chi connectivity index (χ3n) is 3.73. The quantitative estimate of drug-likeness (QED) is 0.739. The molecule has 0 unspecified atom stereocenters. The molecule has 5 nitrogen and oxygen atoms in total. The van der Waals surface area contributed by atoms with E-state index >= 15 is 0 Å². The average Bonchev–Trinajstić information content (AvgIpc) is 3.29. The molecule has 1 aliphatic carbocycles. The SMILES string of the molecule is COP(=O)(OC)OC(F)(F)[C@H]1C[C@@H]1[C@H](O)Cc1ccccc1. The van der Waals surface area contributed by atoms with Crippen LogP contribution < -0.4 is 0 Å². The Morgan fingerprint density at radius 3 is 2.45 bits per heavy atom. The van der Waals surface area contributed by atoms with Gasteiger partial charge in [0, 0.05) is 14.2 Å². The van der Waals surface area contributed by atoms with E-state index in [1.807, 2.05) is 30.3 Å². The van der Waals surface area contributed by atoms with Gasteiger partial charge in [-0.3, -0.25) is 9.05 Å². The largest absolute Gasteiger partial charge is 0.479 e. The highest BCUT2D eigenvalue weighted by Crippen LogP contribution is 2.60. The molecule has 2 rings (SSSR count). The van der Waals surface area contributed by atoms with Crippen molar-refractivity contribution in [2.75, 3.05) is 14.2 Å². The van der Waals surface area contributed by atoms with E-state index in [0.29, 0.717) is 0 Å². The van der Waals surface area contributed by atoms with Crippen molar-refractivity contribution < 1.29 is 32.0 Å². The molecule has 8 heteroatoms. The second kappa shape index (κ2) is 6.72. The van der Waals surface area contributed by atoms with Gasteiger partial charge in [0.2, 0.25) is 0 Å². The molecule has 22 heavy (non-hydrogen) atoms. The van der Waals surface area contributed by atoms with Crippen LogP contribution in [0.25, 0.3) is 0 Å². The Morgan fingerprint density at radius 2 is 1.91 bits per heavy atom. The molecule has 3 atom stereocenters. The highest BCUT2D eigenvalue weighted by atomic mass is 31.2. The van der Waals surface area contributed by atoms with Crippen molar-refractivity contribution in [3.05, 3.63) is 35.9 Å². The number of aliphatic hydroxyl groups is 1. The van der Waals surface area contributed by atoms with Crippen LogP contribution >= 0.6 is 7.82 Å². The van der Waals surface area contributed by atoms with E-state index in [2.05, 4.69) is 13.6 Å². The van der Waals surface area contributed by atoms with Gasteiger partial charge >= 0.3 is 13.9 Å². The van der Waals surface area contributed by atoms with Crippen molar-refractivity contribution in [2.45, 2.75) is 25.1 Å². The molecule has 124 valence electrons. The number of phosphoric ester groups is 1. The lowest BCUT2D eigenvalue weighted by molar-refractivity contribution is -0.209. The fourth-order valence-corrected chi connectivity index (χ4v) is 3.13. The summed E-state index contributed by atoms with van der Waals surface area (Å²) in [5, 5.41) is 10.1. The lowest BCUT2D eigenvalue weighted by Gasteiger charge is -2.22. The predicted molar refractivity (Wildman–Crippen MR) is 75.4 cm³/mol. The minimum atomic E-state index is -4.27. The Labute approximate surface area is 127 Å². The highest BCUT2D eigenvalue weighted by molar-refractivity contribution is 7.48. The number of phosphoric acid groups is 1. The van der Waals surface area contributed by atoms with E-state index in [1.54, 1.807) is 0 Å². The van der Waals surface area contributed by atoms with Crippen molar-refractivity contribution in [3.8, 4) is 0 Å². The minimum absolute atomic E-state index is 0.0917. The first-order valence-electron chi connectivity index (χ1n) is 6.83. The van der Waals surface area contributed by atoms with Crippen LogP contribution in [-0.2, 0) is 24.6 Å². The second-order valence-electron chi connectivity index (χ2n) is 5.23. The first kappa shape index (κ1) is 17.5. The maximum absolute atomic E-state index is 14.0. The van der Waals surface area contributed by atoms with Gasteiger partial charge in [0.25, 0.3) is 0 Å². The van der Waals surface area contributed by atoms with Gasteiger partial charge in [-0.2, -0.15) is 8.78 Å². The monoisotopic (exact) mass is 336 g/mol. The lowest BCUT2D eigenvalue weighted by Crippen LogP contribution is -2.27. The number of rotatable bonds is 8.